The normalized spacial score (nSPS) is 32.9. The first kappa shape index (κ1) is 21.7. The van der Waals surface area contributed by atoms with E-state index >= 15 is 0 Å². The number of hydrogen-bond acceptors (Lipinski definition) is 2. The summed E-state index contributed by atoms with van der Waals surface area (Å²) in [6.07, 6.45) is 15.1. The van der Waals surface area contributed by atoms with Crippen molar-refractivity contribution in [2.45, 2.75) is 90.0 Å². The van der Waals surface area contributed by atoms with Crippen molar-refractivity contribution in [1.82, 2.24) is 0 Å². The van der Waals surface area contributed by atoms with E-state index in [0.29, 0.717) is 5.92 Å². The molecule has 0 saturated heterocycles. The number of nitrogens with two attached hydrogens (primary N) is 1. The molecule has 0 aromatic carbocycles. The Labute approximate surface area is 165 Å². The van der Waals surface area contributed by atoms with Crippen LogP contribution in [0.3, 0.4) is 0 Å². The predicted molar refractivity (Wildman–Crippen MR) is 113 cm³/mol. The zero-order valence-corrected chi connectivity index (χ0v) is 17.6. The predicted octanol–water partition coefficient (Wildman–Crippen LogP) is 6.24. The van der Waals surface area contributed by atoms with Crippen LogP contribution in [0.15, 0.2) is 34.4 Å². The molecule has 2 rings (SSSR count). The fraction of sp³-hybridized carbons (Fsp3) is 0.739. The van der Waals surface area contributed by atoms with Crippen LogP contribution in [-0.2, 0) is 0 Å². The molecule has 0 aromatic heterocycles. The van der Waals surface area contributed by atoms with Crippen LogP contribution in [0.4, 0.5) is 0 Å². The van der Waals surface area contributed by atoms with Crippen molar-refractivity contribution in [3.8, 4) is 0 Å². The van der Waals surface area contributed by atoms with Crippen molar-refractivity contribution in [3.05, 3.63) is 34.4 Å². The zero-order valence-electron chi connectivity index (χ0n) is 16.8. The van der Waals surface area contributed by atoms with Crippen molar-refractivity contribution < 1.29 is 5.11 Å². The summed E-state index contributed by atoms with van der Waals surface area (Å²) in [6.45, 7) is 8.76. The average Bonchev–Trinajstić information content (AvgIpc) is 3.06. The van der Waals surface area contributed by atoms with Gasteiger partial charge >= 0.3 is 0 Å². The van der Waals surface area contributed by atoms with E-state index in [9.17, 15) is 5.11 Å². The van der Waals surface area contributed by atoms with E-state index in [4.69, 9.17) is 17.3 Å². The second-order valence-electron chi connectivity index (χ2n) is 8.55. The summed E-state index contributed by atoms with van der Waals surface area (Å²) in [5.41, 5.74) is 9.55. The molecule has 0 heterocycles. The monoisotopic (exact) mass is 379 g/mol. The molecule has 2 aliphatic carbocycles. The second-order valence-corrected chi connectivity index (χ2v) is 8.93. The Bertz CT molecular complexity index is 550. The van der Waals surface area contributed by atoms with Crippen molar-refractivity contribution >= 4 is 11.6 Å². The van der Waals surface area contributed by atoms with Crippen LogP contribution in [0.5, 0.6) is 0 Å². The van der Waals surface area contributed by atoms with E-state index in [1.807, 2.05) is 0 Å². The van der Waals surface area contributed by atoms with Gasteiger partial charge in [0.25, 0.3) is 0 Å². The van der Waals surface area contributed by atoms with Crippen molar-refractivity contribution in [2.24, 2.45) is 17.6 Å². The lowest BCUT2D eigenvalue weighted by atomic mass is 9.78. The highest BCUT2D eigenvalue weighted by Gasteiger charge is 2.37. The van der Waals surface area contributed by atoms with Gasteiger partial charge in [0.15, 0.2) is 0 Å². The maximum Gasteiger partial charge on any atom is 0.0611 e. The fourth-order valence-electron chi connectivity index (χ4n) is 4.66. The topological polar surface area (TPSA) is 46.2 Å². The Balaban J connectivity index is 1.99. The first-order valence-electron chi connectivity index (χ1n) is 10.6. The van der Waals surface area contributed by atoms with E-state index in [2.05, 4.69) is 26.5 Å². The summed E-state index contributed by atoms with van der Waals surface area (Å²) in [5, 5.41) is 10.4. The summed E-state index contributed by atoms with van der Waals surface area (Å²) >= 11 is 6.83. The lowest BCUT2D eigenvalue weighted by Gasteiger charge is -2.29. The van der Waals surface area contributed by atoms with Gasteiger partial charge in [-0.15, -0.1) is 0 Å². The van der Waals surface area contributed by atoms with Gasteiger partial charge in [-0.25, -0.2) is 0 Å². The molecule has 0 aliphatic heterocycles. The number of allylic oxidation sites excluding steroid dienone is 5. The maximum absolute atomic E-state index is 9.52. The molecule has 2 saturated carbocycles. The molecule has 3 heteroatoms. The lowest BCUT2D eigenvalue weighted by molar-refractivity contribution is 0.197. The van der Waals surface area contributed by atoms with Gasteiger partial charge < -0.3 is 10.8 Å². The Morgan fingerprint density at radius 1 is 1.35 bits per heavy atom. The molecule has 148 valence electrons. The van der Waals surface area contributed by atoms with Crippen molar-refractivity contribution in [3.63, 3.8) is 0 Å². The molecule has 0 unspecified atom stereocenters. The minimum atomic E-state index is -0.449. The minimum absolute atomic E-state index is 0.0464. The molecule has 2 aliphatic rings. The highest BCUT2D eigenvalue weighted by atomic mass is 35.5. The van der Waals surface area contributed by atoms with E-state index in [0.717, 1.165) is 48.6 Å². The summed E-state index contributed by atoms with van der Waals surface area (Å²) in [6, 6.07) is 0. The van der Waals surface area contributed by atoms with Crippen LogP contribution >= 0.6 is 11.6 Å². The number of hydrogen-bond donors (Lipinski definition) is 2. The SMILES string of the molecule is C=C(/C(Cl)=C1/CC[C@H](CCCCCC)C/C1=C/C)[C@H]1CC[C@@](N)(CO)C1. The van der Waals surface area contributed by atoms with E-state index in [-0.39, 0.29) is 6.61 Å². The molecule has 0 amide bonds. The standard InChI is InChI=1S/C23H38ClNO/c1-4-6-7-8-9-18-10-11-21(19(5-2)14-18)22(24)17(3)20-12-13-23(25,15-20)16-26/h5,18,20,26H,3-4,6-16,25H2,1-2H3/b19-5-,22-21+/t18-,20-,23-/m0/s1. The number of halogens is 1. The molecule has 0 aromatic rings. The molecular formula is C23H38ClNO. The Kier molecular flexibility index (Phi) is 8.44. The van der Waals surface area contributed by atoms with Gasteiger partial charge in [-0.3, -0.25) is 0 Å². The summed E-state index contributed by atoms with van der Waals surface area (Å²) in [7, 11) is 0. The Hall–Kier alpha value is -0.570. The lowest BCUT2D eigenvalue weighted by Crippen LogP contribution is -2.40. The maximum atomic E-state index is 9.52. The number of rotatable bonds is 8. The van der Waals surface area contributed by atoms with Gasteiger partial charge in [0.05, 0.1) is 6.61 Å². The largest absolute Gasteiger partial charge is 0.394 e. The first-order chi connectivity index (χ1) is 12.4. The molecule has 3 atom stereocenters. The quantitative estimate of drug-likeness (QED) is 0.490. The second kappa shape index (κ2) is 10.1. The average molecular weight is 380 g/mol. The molecule has 0 bridgehead atoms. The van der Waals surface area contributed by atoms with Crippen LogP contribution < -0.4 is 5.73 Å². The van der Waals surface area contributed by atoms with Gasteiger partial charge in [0.1, 0.15) is 0 Å². The molecule has 2 nitrogen and oxygen atoms in total. The summed E-state index contributed by atoms with van der Waals surface area (Å²) < 4.78 is 0. The fourth-order valence-corrected chi connectivity index (χ4v) is 5.04. The van der Waals surface area contributed by atoms with Gasteiger partial charge in [0, 0.05) is 10.6 Å². The Morgan fingerprint density at radius 3 is 2.73 bits per heavy atom. The van der Waals surface area contributed by atoms with Crippen LogP contribution in [-0.4, -0.2) is 17.3 Å². The molecule has 0 spiro atoms. The Morgan fingerprint density at radius 2 is 2.12 bits per heavy atom. The van der Waals surface area contributed by atoms with Crippen LogP contribution in [0.2, 0.25) is 0 Å². The van der Waals surface area contributed by atoms with E-state index in [1.165, 1.54) is 49.7 Å². The third kappa shape index (κ3) is 5.47. The zero-order chi connectivity index (χ0) is 19.2. The molecule has 3 N–H and O–H groups in total. The molecule has 0 radical (unpaired) electrons. The first-order valence-corrected chi connectivity index (χ1v) is 10.9. The highest BCUT2D eigenvalue weighted by Crippen LogP contribution is 2.44. The third-order valence-corrected chi connectivity index (χ3v) is 6.98. The van der Waals surface area contributed by atoms with Crippen molar-refractivity contribution in [2.75, 3.05) is 6.61 Å². The minimum Gasteiger partial charge on any atom is -0.394 e. The van der Waals surface area contributed by atoms with Gasteiger partial charge in [-0.2, -0.15) is 0 Å². The number of aliphatic hydroxyl groups is 1. The molecule has 2 fully saturated rings. The van der Waals surface area contributed by atoms with Gasteiger partial charge in [0.2, 0.25) is 0 Å². The molecular weight excluding hydrogens is 342 g/mol. The number of unbranched alkanes of at least 4 members (excludes halogenated alkanes) is 3. The van der Waals surface area contributed by atoms with Crippen LogP contribution in [0.1, 0.15) is 84.5 Å². The highest BCUT2D eigenvalue weighted by molar-refractivity contribution is 6.32. The van der Waals surface area contributed by atoms with Crippen LogP contribution in [0, 0.1) is 11.8 Å². The summed E-state index contributed by atoms with van der Waals surface area (Å²) in [4.78, 5) is 0. The van der Waals surface area contributed by atoms with Crippen LogP contribution in [0.25, 0.3) is 0 Å². The van der Waals surface area contributed by atoms with Gasteiger partial charge in [-0.1, -0.05) is 63.3 Å². The van der Waals surface area contributed by atoms with Crippen molar-refractivity contribution in [1.29, 1.82) is 0 Å². The summed E-state index contributed by atoms with van der Waals surface area (Å²) in [5.74, 6) is 1.11. The third-order valence-electron chi connectivity index (χ3n) is 6.51. The van der Waals surface area contributed by atoms with Gasteiger partial charge in [-0.05, 0) is 74.0 Å². The number of aliphatic hydroxyl groups excluding tert-OH is 1. The smallest absolute Gasteiger partial charge is 0.0611 e. The van der Waals surface area contributed by atoms with E-state index in [1.54, 1.807) is 0 Å². The van der Waals surface area contributed by atoms with E-state index < -0.39 is 5.54 Å². The molecule has 26 heavy (non-hydrogen) atoms.